The number of hydrogen-bond acceptors (Lipinski definition) is 7. The molecule has 1 aromatic heterocycles. The average molecular weight is 439 g/mol. The molecule has 0 saturated carbocycles. The maximum Gasteiger partial charge on any atom is 0.339 e. The van der Waals surface area contributed by atoms with Crippen molar-refractivity contribution in [2.45, 2.75) is 37.8 Å². The van der Waals surface area contributed by atoms with Crippen LogP contribution in [0.5, 0.6) is 0 Å². The Hall–Kier alpha value is -2.50. The molecule has 0 bridgehead atoms. The van der Waals surface area contributed by atoms with Crippen molar-refractivity contribution in [1.82, 2.24) is 14.6 Å². The van der Waals surface area contributed by atoms with Crippen molar-refractivity contribution in [3.8, 4) is 0 Å². The van der Waals surface area contributed by atoms with Crippen LogP contribution in [0.2, 0.25) is 0 Å². The van der Waals surface area contributed by atoms with E-state index < -0.39 is 16.0 Å². The van der Waals surface area contributed by atoms with Crippen molar-refractivity contribution in [1.29, 1.82) is 0 Å². The number of anilines is 1. The Morgan fingerprint density at radius 2 is 2.00 bits per heavy atom. The van der Waals surface area contributed by atoms with E-state index in [1.54, 1.807) is 12.1 Å². The zero-order chi connectivity index (χ0) is 21.2. The highest BCUT2D eigenvalue weighted by atomic mass is 32.2. The molecule has 0 spiro atoms. The number of urea groups is 1. The number of nitrogens with one attached hydrogen (secondary N) is 2. The van der Waals surface area contributed by atoms with E-state index in [1.807, 2.05) is 13.8 Å². The molecule has 1 aliphatic rings. The summed E-state index contributed by atoms with van der Waals surface area (Å²) in [6.07, 6.45) is 0.416. The third-order valence-corrected chi connectivity index (χ3v) is 7.15. The van der Waals surface area contributed by atoms with E-state index in [4.69, 9.17) is 4.74 Å². The topological polar surface area (TPSA) is 118 Å². The number of thiazole rings is 1. The smallest absolute Gasteiger partial charge is 0.339 e. The molecule has 29 heavy (non-hydrogen) atoms. The van der Waals surface area contributed by atoms with Gasteiger partial charge in [-0.2, -0.15) is 4.31 Å². The summed E-state index contributed by atoms with van der Waals surface area (Å²) in [6.45, 7) is 4.05. The van der Waals surface area contributed by atoms with Crippen LogP contribution in [0.1, 0.15) is 34.8 Å². The van der Waals surface area contributed by atoms with E-state index in [0.29, 0.717) is 11.6 Å². The number of fused-ring (bicyclic) bond motifs is 1. The molecule has 0 aliphatic carbocycles. The number of carbonyl (C=O) groups is 2. The molecular formula is C18H22N4O5S2. The van der Waals surface area contributed by atoms with Gasteiger partial charge in [0.25, 0.3) is 0 Å². The van der Waals surface area contributed by atoms with Gasteiger partial charge in [-0.1, -0.05) is 23.5 Å². The van der Waals surface area contributed by atoms with Gasteiger partial charge in [0.15, 0.2) is 5.13 Å². The highest BCUT2D eigenvalue weighted by Crippen LogP contribution is 2.32. The lowest BCUT2D eigenvalue weighted by Crippen LogP contribution is -2.36. The van der Waals surface area contributed by atoms with Crippen LogP contribution in [-0.2, 0) is 27.7 Å². The molecule has 2 heterocycles. The maximum absolute atomic E-state index is 13.2. The van der Waals surface area contributed by atoms with Crippen LogP contribution in [0.25, 0.3) is 0 Å². The minimum Gasteiger partial charge on any atom is -0.465 e. The first kappa shape index (κ1) is 21.2. The number of carbonyl (C=O) groups excluding carboxylic acids is 2. The second kappa shape index (κ2) is 8.47. The molecule has 9 nitrogen and oxygen atoms in total. The van der Waals surface area contributed by atoms with Crippen LogP contribution in [0.15, 0.2) is 29.2 Å². The van der Waals surface area contributed by atoms with Gasteiger partial charge in [0.2, 0.25) is 10.0 Å². The molecule has 156 valence electrons. The summed E-state index contributed by atoms with van der Waals surface area (Å²) in [4.78, 5) is 28.9. The third-order valence-electron chi connectivity index (χ3n) is 4.25. The summed E-state index contributed by atoms with van der Waals surface area (Å²) >= 11 is 1.24. The molecule has 2 N–H and O–H groups in total. The van der Waals surface area contributed by atoms with Crippen molar-refractivity contribution in [2.75, 3.05) is 19.0 Å². The number of sulfonamides is 1. The highest BCUT2D eigenvalue weighted by molar-refractivity contribution is 7.89. The fourth-order valence-corrected chi connectivity index (χ4v) is 5.62. The average Bonchev–Trinajstić information content (AvgIpc) is 3.07. The van der Waals surface area contributed by atoms with E-state index in [1.165, 1.54) is 34.9 Å². The van der Waals surface area contributed by atoms with E-state index >= 15 is 0 Å². The van der Waals surface area contributed by atoms with E-state index in [-0.39, 0.29) is 35.6 Å². The molecule has 1 aromatic carbocycles. The Kier molecular flexibility index (Phi) is 6.20. The van der Waals surface area contributed by atoms with Gasteiger partial charge in [-0.25, -0.2) is 23.0 Å². The summed E-state index contributed by atoms with van der Waals surface area (Å²) in [6, 6.07) is 5.60. The highest BCUT2D eigenvalue weighted by Gasteiger charge is 2.33. The third kappa shape index (κ3) is 4.57. The number of methoxy groups -OCH3 is 1. The van der Waals surface area contributed by atoms with E-state index in [9.17, 15) is 18.0 Å². The molecular weight excluding hydrogens is 416 g/mol. The van der Waals surface area contributed by atoms with Crippen molar-refractivity contribution < 1.29 is 22.7 Å². The minimum atomic E-state index is -3.91. The summed E-state index contributed by atoms with van der Waals surface area (Å²) in [5.41, 5.74) is 0.764. The summed E-state index contributed by atoms with van der Waals surface area (Å²) in [7, 11) is -2.70. The van der Waals surface area contributed by atoms with Crippen molar-refractivity contribution in [3.05, 3.63) is 40.4 Å². The summed E-state index contributed by atoms with van der Waals surface area (Å²) in [5.74, 6) is -0.706. The van der Waals surface area contributed by atoms with Gasteiger partial charge in [-0.15, -0.1) is 0 Å². The lowest BCUT2D eigenvalue weighted by atomic mass is 10.2. The lowest BCUT2D eigenvalue weighted by Gasteiger charge is -2.26. The SMILES string of the molecule is COC(=O)c1ccccc1S(=O)(=O)N1CCc2nc(NC(=O)NC(C)C)sc2C1. The van der Waals surface area contributed by atoms with Crippen molar-refractivity contribution >= 4 is 38.5 Å². The van der Waals surface area contributed by atoms with Crippen LogP contribution in [0.3, 0.4) is 0 Å². The second-order valence-electron chi connectivity index (χ2n) is 6.72. The van der Waals surface area contributed by atoms with Crippen LogP contribution in [0.4, 0.5) is 9.93 Å². The maximum atomic E-state index is 13.2. The number of esters is 1. The van der Waals surface area contributed by atoms with Gasteiger partial charge >= 0.3 is 12.0 Å². The molecule has 0 fully saturated rings. The van der Waals surface area contributed by atoms with Crippen LogP contribution in [0, 0.1) is 0 Å². The van der Waals surface area contributed by atoms with E-state index in [2.05, 4.69) is 15.6 Å². The normalized spacial score (nSPS) is 14.3. The number of benzene rings is 1. The number of ether oxygens (including phenoxy) is 1. The molecule has 0 saturated heterocycles. The molecule has 2 aromatic rings. The zero-order valence-electron chi connectivity index (χ0n) is 16.3. The summed E-state index contributed by atoms with van der Waals surface area (Å²) in [5, 5.41) is 5.81. The number of aromatic nitrogens is 1. The van der Waals surface area contributed by atoms with Crippen molar-refractivity contribution in [2.24, 2.45) is 0 Å². The van der Waals surface area contributed by atoms with Gasteiger partial charge in [0, 0.05) is 23.9 Å². The van der Waals surface area contributed by atoms with Crippen LogP contribution < -0.4 is 10.6 Å². The largest absolute Gasteiger partial charge is 0.465 e. The first-order chi connectivity index (χ1) is 13.7. The molecule has 0 atom stereocenters. The number of amides is 2. The monoisotopic (exact) mass is 438 g/mol. The Morgan fingerprint density at radius 1 is 1.28 bits per heavy atom. The first-order valence-corrected chi connectivity index (χ1v) is 11.2. The van der Waals surface area contributed by atoms with Gasteiger partial charge < -0.3 is 10.1 Å². The van der Waals surface area contributed by atoms with Crippen LogP contribution >= 0.6 is 11.3 Å². The molecule has 11 heteroatoms. The Labute approximate surface area is 173 Å². The predicted molar refractivity (Wildman–Crippen MR) is 108 cm³/mol. The van der Waals surface area contributed by atoms with Gasteiger partial charge in [0.1, 0.15) is 0 Å². The number of rotatable bonds is 5. The fraction of sp³-hybridized carbons (Fsp3) is 0.389. The fourth-order valence-electron chi connectivity index (χ4n) is 2.94. The molecule has 2 amide bonds. The summed E-state index contributed by atoms with van der Waals surface area (Å²) < 4.78 is 32.4. The van der Waals surface area contributed by atoms with Crippen LogP contribution in [-0.4, -0.2) is 49.4 Å². The molecule has 1 aliphatic heterocycles. The standard InChI is InChI=1S/C18H22N4O5S2/c1-11(2)19-17(24)21-18-20-13-8-9-22(10-14(13)28-18)29(25,26)15-7-5-4-6-12(15)16(23)27-3/h4-7,11H,8-10H2,1-3H3,(H2,19,20,21,24). The minimum absolute atomic E-state index is 0.00202. The Balaban J connectivity index is 1.82. The van der Waals surface area contributed by atoms with Gasteiger partial charge in [0.05, 0.1) is 29.8 Å². The first-order valence-electron chi connectivity index (χ1n) is 8.96. The van der Waals surface area contributed by atoms with E-state index in [0.717, 1.165) is 10.6 Å². The number of hydrogen-bond donors (Lipinski definition) is 2. The molecule has 3 rings (SSSR count). The van der Waals surface area contributed by atoms with Crippen molar-refractivity contribution in [3.63, 3.8) is 0 Å². The zero-order valence-corrected chi connectivity index (χ0v) is 17.9. The van der Waals surface area contributed by atoms with Gasteiger partial charge in [-0.3, -0.25) is 5.32 Å². The Bertz CT molecular complexity index is 1030. The van der Waals surface area contributed by atoms with Gasteiger partial charge in [-0.05, 0) is 26.0 Å². The lowest BCUT2D eigenvalue weighted by molar-refractivity contribution is 0.0596. The number of nitrogens with zero attached hydrogens (tertiary/aromatic N) is 2. The second-order valence-corrected chi connectivity index (χ2v) is 9.71. The quantitative estimate of drug-likeness (QED) is 0.691. The Morgan fingerprint density at radius 3 is 2.69 bits per heavy atom. The molecule has 0 radical (unpaired) electrons. The predicted octanol–water partition coefficient (Wildman–Crippen LogP) is 2.21. The molecule has 0 unspecified atom stereocenters.